The van der Waals surface area contributed by atoms with E-state index in [4.69, 9.17) is 0 Å². The van der Waals surface area contributed by atoms with E-state index in [0.29, 0.717) is 18.0 Å². The van der Waals surface area contributed by atoms with Gasteiger partial charge in [0.1, 0.15) is 0 Å². The van der Waals surface area contributed by atoms with E-state index in [9.17, 15) is 13.9 Å². The number of rotatable bonds is 7. The van der Waals surface area contributed by atoms with Crippen LogP contribution in [0, 0.1) is 17.6 Å². The zero-order valence-electron chi connectivity index (χ0n) is 11.8. The Balaban J connectivity index is 2.55. The van der Waals surface area contributed by atoms with Crippen molar-refractivity contribution in [1.82, 2.24) is 5.32 Å². The molecular formula is C15H23F2NO. The minimum atomic E-state index is -0.926. The summed E-state index contributed by atoms with van der Waals surface area (Å²) < 4.78 is 25.9. The second-order valence-electron chi connectivity index (χ2n) is 4.96. The Labute approximate surface area is 113 Å². The molecule has 1 aromatic carbocycles. The number of hydrogen-bond acceptors (Lipinski definition) is 2. The lowest BCUT2D eigenvalue weighted by molar-refractivity contribution is 0.164. The second kappa shape index (κ2) is 7.56. The number of benzene rings is 1. The van der Waals surface area contributed by atoms with Crippen LogP contribution in [0.2, 0.25) is 0 Å². The smallest absolute Gasteiger partial charge is 0.159 e. The Morgan fingerprint density at radius 3 is 2.32 bits per heavy atom. The van der Waals surface area contributed by atoms with Crippen LogP contribution in [0.5, 0.6) is 0 Å². The maximum Gasteiger partial charge on any atom is 0.159 e. The zero-order valence-corrected chi connectivity index (χ0v) is 11.8. The van der Waals surface area contributed by atoms with Crippen molar-refractivity contribution in [2.24, 2.45) is 5.92 Å². The van der Waals surface area contributed by atoms with Crippen molar-refractivity contribution >= 4 is 0 Å². The zero-order chi connectivity index (χ0) is 14.4. The number of aliphatic hydroxyl groups is 1. The van der Waals surface area contributed by atoms with Crippen molar-refractivity contribution in [2.45, 2.75) is 45.8 Å². The first-order valence-electron chi connectivity index (χ1n) is 6.85. The summed E-state index contributed by atoms with van der Waals surface area (Å²) in [6, 6.07) is 3.78. The van der Waals surface area contributed by atoms with Gasteiger partial charge < -0.3 is 10.4 Å². The molecule has 0 aromatic heterocycles. The van der Waals surface area contributed by atoms with E-state index in [2.05, 4.69) is 26.1 Å². The minimum Gasteiger partial charge on any atom is -0.387 e. The topological polar surface area (TPSA) is 32.3 Å². The third-order valence-corrected chi connectivity index (χ3v) is 3.72. The van der Waals surface area contributed by atoms with Crippen molar-refractivity contribution in [3.63, 3.8) is 0 Å². The van der Waals surface area contributed by atoms with Crippen molar-refractivity contribution in [1.29, 1.82) is 0 Å². The van der Waals surface area contributed by atoms with Gasteiger partial charge in [-0.3, -0.25) is 0 Å². The summed E-state index contributed by atoms with van der Waals surface area (Å²) in [5, 5.41) is 13.2. The van der Waals surface area contributed by atoms with Crippen molar-refractivity contribution in [3.8, 4) is 0 Å². The molecule has 19 heavy (non-hydrogen) atoms. The van der Waals surface area contributed by atoms with E-state index in [-0.39, 0.29) is 6.04 Å². The molecule has 2 atom stereocenters. The standard InChI is InChI=1S/C15H23F2NO/c1-4-11(5-2)10(3)18-9-15(19)12-6-7-13(16)14(17)8-12/h6-8,10-11,15,18-19H,4-5,9H2,1-3H3. The third-order valence-electron chi connectivity index (χ3n) is 3.72. The van der Waals surface area contributed by atoms with Crippen LogP contribution >= 0.6 is 0 Å². The largest absolute Gasteiger partial charge is 0.387 e. The molecule has 108 valence electrons. The molecule has 0 amide bonds. The summed E-state index contributed by atoms with van der Waals surface area (Å²) in [4.78, 5) is 0. The average Bonchev–Trinajstić information content (AvgIpc) is 2.40. The molecule has 1 aromatic rings. The maximum absolute atomic E-state index is 13.1. The van der Waals surface area contributed by atoms with Gasteiger partial charge in [-0.1, -0.05) is 32.8 Å². The summed E-state index contributed by atoms with van der Waals surface area (Å²) >= 11 is 0. The molecule has 0 saturated carbocycles. The summed E-state index contributed by atoms with van der Waals surface area (Å²) in [7, 11) is 0. The van der Waals surface area contributed by atoms with E-state index in [1.807, 2.05) is 0 Å². The lowest BCUT2D eigenvalue weighted by atomic mass is 9.95. The van der Waals surface area contributed by atoms with E-state index in [1.54, 1.807) is 0 Å². The molecule has 0 aliphatic heterocycles. The van der Waals surface area contributed by atoms with Gasteiger partial charge in [0.2, 0.25) is 0 Å². The summed E-state index contributed by atoms with van der Waals surface area (Å²) in [5.74, 6) is -1.27. The van der Waals surface area contributed by atoms with Crippen LogP contribution in [-0.4, -0.2) is 17.7 Å². The van der Waals surface area contributed by atoms with Gasteiger partial charge >= 0.3 is 0 Å². The molecule has 2 unspecified atom stereocenters. The van der Waals surface area contributed by atoms with Crippen LogP contribution in [0.3, 0.4) is 0 Å². The molecule has 0 fully saturated rings. The highest BCUT2D eigenvalue weighted by atomic mass is 19.2. The quantitative estimate of drug-likeness (QED) is 0.796. The summed E-state index contributed by atoms with van der Waals surface area (Å²) in [6.07, 6.45) is 1.32. The predicted octanol–water partition coefficient (Wildman–Crippen LogP) is 3.41. The Morgan fingerprint density at radius 1 is 1.16 bits per heavy atom. The Bertz CT molecular complexity index is 394. The van der Waals surface area contributed by atoms with Gasteiger partial charge in [0.15, 0.2) is 11.6 Å². The van der Waals surface area contributed by atoms with E-state index in [1.165, 1.54) is 6.07 Å². The molecule has 4 heteroatoms. The lowest BCUT2D eigenvalue weighted by Gasteiger charge is -2.24. The molecule has 0 saturated heterocycles. The molecule has 0 radical (unpaired) electrons. The van der Waals surface area contributed by atoms with Crippen LogP contribution < -0.4 is 5.32 Å². The average molecular weight is 271 g/mol. The lowest BCUT2D eigenvalue weighted by Crippen LogP contribution is -2.35. The highest BCUT2D eigenvalue weighted by molar-refractivity contribution is 5.20. The Hall–Kier alpha value is -1.00. The molecule has 2 N–H and O–H groups in total. The van der Waals surface area contributed by atoms with E-state index < -0.39 is 17.7 Å². The van der Waals surface area contributed by atoms with Gasteiger partial charge in [-0.15, -0.1) is 0 Å². The van der Waals surface area contributed by atoms with Gasteiger partial charge in [0, 0.05) is 12.6 Å². The normalized spacial score (nSPS) is 14.7. The Kier molecular flexibility index (Phi) is 6.38. The fourth-order valence-corrected chi connectivity index (χ4v) is 2.30. The number of hydrogen-bond donors (Lipinski definition) is 2. The minimum absolute atomic E-state index is 0.287. The van der Waals surface area contributed by atoms with Crippen LogP contribution in [0.1, 0.15) is 45.3 Å². The van der Waals surface area contributed by atoms with Crippen molar-refractivity contribution in [3.05, 3.63) is 35.4 Å². The highest BCUT2D eigenvalue weighted by Crippen LogP contribution is 2.17. The van der Waals surface area contributed by atoms with E-state index in [0.717, 1.165) is 25.0 Å². The van der Waals surface area contributed by atoms with Crippen LogP contribution in [0.4, 0.5) is 8.78 Å². The van der Waals surface area contributed by atoms with Crippen molar-refractivity contribution < 1.29 is 13.9 Å². The predicted molar refractivity (Wildman–Crippen MR) is 72.9 cm³/mol. The Morgan fingerprint density at radius 2 is 1.79 bits per heavy atom. The van der Waals surface area contributed by atoms with Crippen LogP contribution in [0.15, 0.2) is 18.2 Å². The summed E-state index contributed by atoms with van der Waals surface area (Å²) in [6.45, 7) is 6.69. The molecular weight excluding hydrogens is 248 g/mol. The van der Waals surface area contributed by atoms with Crippen LogP contribution in [0.25, 0.3) is 0 Å². The first-order valence-corrected chi connectivity index (χ1v) is 6.85. The molecule has 2 nitrogen and oxygen atoms in total. The first kappa shape index (κ1) is 16.1. The highest BCUT2D eigenvalue weighted by Gasteiger charge is 2.16. The molecule has 0 aliphatic carbocycles. The van der Waals surface area contributed by atoms with Gasteiger partial charge in [-0.25, -0.2) is 8.78 Å². The fourth-order valence-electron chi connectivity index (χ4n) is 2.30. The molecule has 0 bridgehead atoms. The van der Waals surface area contributed by atoms with E-state index >= 15 is 0 Å². The summed E-state index contributed by atoms with van der Waals surface area (Å²) in [5.41, 5.74) is 0.392. The number of nitrogens with one attached hydrogen (secondary N) is 1. The SMILES string of the molecule is CCC(CC)C(C)NCC(O)c1ccc(F)c(F)c1. The molecule has 0 aliphatic rings. The number of aliphatic hydroxyl groups excluding tert-OH is 1. The van der Waals surface area contributed by atoms with Crippen LogP contribution in [-0.2, 0) is 0 Å². The van der Waals surface area contributed by atoms with Gasteiger partial charge in [-0.2, -0.15) is 0 Å². The monoisotopic (exact) mass is 271 g/mol. The third kappa shape index (κ3) is 4.55. The maximum atomic E-state index is 13.1. The first-order chi connectivity index (χ1) is 8.99. The number of halogens is 2. The second-order valence-corrected chi connectivity index (χ2v) is 4.96. The van der Waals surface area contributed by atoms with Crippen molar-refractivity contribution in [2.75, 3.05) is 6.54 Å². The van der Waals surface area contributed by atoms with Gasteiger partial charge in [0.25, 0.3) is 0 Å². The molecule has 0 spiro atoms. The fraction of sp³-hybridized carbons (Fsp3) is 0.600. The van der Waals surface area contributed by atoms with Gasteiger partial charge in [-0.05, 0) is 30.5 Å². The molecule has 0 heterocycles. The van der Waals surface area contributed by atoms with Gasteiger partial charge in [0.05, 0.1) is 6.10 Å². The molecule has 1 rings (SSSR count).